The van der Waals surface area contributed by atoms with Gasteiger partial charge >= 0.3 is 0 Å². The predicted octanol–water partition coefficient (Wildman–Crippen LogP) is 2.56. The molecule has 0 radical (unpaired) electrons. The molecule has 24 heavy (non-hydrogen) atoms. The van der Waals surface area contributed by atoms with Crippen LogP contribution in [0.25, 0.3) is 0 Å². The average Bonchev–Trinajstić information content (AvgIpc) is 3.10. The Morgan fingerprint density at radius 2 is 2.00 bits per heavy atom. The molecule has 0 bridgehead atoms. The standard InChI is InChI=1S/C18H19FN2O3/c1-11-3-8-14(24-11)10-20-18(23)15-9-16(22)21(2)17(15)12-4-6-13(19)7-5-12/h3-8,15,17H,9-10H2,1-2H3,(H,20,23)/t15-,17-/m1/s1. The van der Waals surface area contributed by atoms with Crippen LogP contribution in [-0.2, 0) is 16.1 Å². The third-order valence-electron chi connectivity index (χ3n) is 4.37. The third kappa shape index (κ3) is 3.18. The van der Waals surface area contributed by atoms with E-state index in [9.17, 15) is 14.0 Å². The van der Waals surface area contributed by atoms with Crippen LogP contribution in [0.15, 0.2) is 40.8 Å². The average molecular weight is 330 g/mol. The van der Waals surface area contributed by atoms with Gasteiger partial charge in [-0.15, -0.1) is 0 Å². The van der Waals surface area contributed by atoms with E-state index in [2.05, 4.69) is 5.32 Å². The number of carbonyl (C=O) groups is 2. The highest BCUT2D eigenvalue weighted by molar-refractivity contribution is 5.90. The van der Waals surface area contributed by atoms with Gasteiger partial charge in [-0.3, -0.25) is 9.59 Å². The van der Waals surface area contributed by atoms with Crippen molar-refractivity contribution in [3.8, 4) is 0 Å². The fourth-order valence-corrected chi connectivity index (χ4v) is 3.11. The van der Waals surface area contributed by atoms with Gasteiger partial charge in [0, 0.05) is 13.5 Å². The lowest BCUT2D eigenvalue weighted by Gasteiger charge is -2.24. The smallest absolute Gasteiger partial charge is 0.226 e. The van der Waals surface area contributed by atoms with Crippen molar-refractivity contribution in [3.05, 3.63) is 59.3 Å². The molecule has 3 rings (SSSR count). The lowest BCUT2D eigenvalue weighted by Crippen LogP contribution is -2.34. The Labute approximate surface area is 139 Å². The van der Waals surface area contributed by atoms with E-state index >= 15 is 0 Å². The number of hydrogen-bond donors (Lipinski definition) is 1. The van der Waals surface area contributed by atoms with E-state index in [1.165, 1.54) is 12.1 Å². The summed E-state index contributed by atoms with van der Waals surface area (Å²) in [6.07, 6.45) is 0.140. The number of benzene rings is 1. The van der Waals surface area contributed by atoms with Crippen LogP contribution in [-0.4, -0.2) is 23.8 Å². The lowest BCUT2D eigenvalue weighted by atomic mass is 9.93. The first kappa shape index (κ1) is 16.2. The van der Waals surface area contributed by atoms with E-state index in [0.29, 0.717) is 5.76 Å². The first-order valence-electron chi connectivity index (χ1n) is 7.80. The minimum atomic E-state index is -0.510. The van der Waals surface area contributed by atoms with Crippen LogP contribution in [0.5, 0.6) is 0 Å². The Morgan fingerprint density at radius 3 is 2.62 bits per heavy atom. The summed E-state index contributed by atoms with van der Waals surface area (Å²) in [6.45, 7) is 2.11. The van der Waals surface area contributed by atoms with Crippen LogP contribution < -0.4 is 5.32 Å². The van der Waals surface area contributed by atoms with E-state index in [1.54, 1.807) is 30.1 Å². The highest BCUT2D eigenvalue weighted by Gasteiger charge is 2.42. The minimum Gasteiger partial charge on any atom is -0.465 e. The summed E-state index contributed by atoms with van der Waals surface area (Å²) in [5.41, 5.74) is 0.749. The molecule has 1 aromatic heterocycles. The molecule has 1 saturated heterocycles. The number of furan rings is 1. The fraction of sp³-hybridized carbons (Fsp3) is 0.333. The van der Waals surface area contributed by atoms with Gasteiger partial charge in [-0.1, -0.05) is 12.1 Å². The molecule has 2 heterocycles. The second-order valence-corrected chi connectivity index (χ2v) is 6.04. The van der Waals surface area contributed by atoms with E-state index in [1.807, 2.05) is 13.0 Å². The van der Waals surface area contributed by atoms with E-state index in [4.69, 9.17) is 4.42 Å². The van der Waals surface area contributed by atoms with E-state index in [-0.39, 0.29) is 30.6 Å². The van der Waals surface area contributed by atoms with Gasteiger partial charge in [0.1, 0.15) is 17.3 Å². The van der Waals surface area contributed by atoms with Crippen molar-refractivity contribution in [1.29, 1.82) is 0 Å². The second kappa shape index (κ2) is 6.47. The van der Waals surface area contributed by atoms with Crippen LogP contribution in [0.4, 0.5) is 4.39 Å². The molecule has 5 nitrogen and oxygen atoms in total. The van der Waals surface area contributed by atoms with Gasteiger partial charge in [-0.25, -0.2) is 4.39 Å². The molecule has 2 atom stereocenters. The zero-order valence-corrected chi connectivity index (χ0v) is 13.6. The summed E-state index contributed by atoms with van der Waals surface area (Å²) in [5, 5.41) is 2.82. The van der Waals surface area contributed by atoms with Crippen molar-refractivity contribution >= 4 is 11.8 Å². The maximum Gasteiger partial charge on any atom is 0.226 e. The van der Waals surface area contributed by atoms with Gasteiger partial charge < -0.3 is 14.6 Å². The van der Waals surface area contributed by atoms with E-state index < -0.39 is 12.0 Å². The van der Waals surface area contributed by atoms with Crippen molar-refractivity contribution < 1.29 is 18.4 Å². The molecule has 1 fully saturated rings. The summed E-state index contributed by atoms with van der Waals surface area (Å²) in [7, 11) is 1.67. The summed E-state index contributed by atoms with van der Waals surface area (Å²) in [5.74, 6) is 0.273. The lowest BCUT2D eigenvalue weighted by molar-refractivity contribution is -0.128. The molecule has 6 heteroatoms. The SMILES string of the molecule is Cc1ccc(CNC(=O)[C@@H]2CC(=O)N(C)[C@@H]2c2ccc(F)cc2)o1. The maximum atomic E-state index is 13.1. The van der Waals surface area contributed by atoms with Crippen LogP contribution in [0.2, 0.25) is 0 Å². The zero-order chi connectivity index (χ0) is 17.3. The molecule has 1 aromatic carbocycles. The molecule has 1 N–H and O–H groups in total. The number of hydrogen-bond acceptors (Lipinski definition) is 3. The Kier molecular flexibility index (Phi) is 4.38. The number of nitrogens with one attached hydrogen (secondary N) is 1. The molecular formula is C18H19FN2O3. The maximum absolute atomic E-state index is 13.1. The molecule has 0 spiro atoms. The van der Waals surface area contributed by atoms with Crippen LogP contribution in [0, 0.1) is 18.7 Å². The number of rotatable bonds is 4. The van der Waals surface area contributed by atoms with Crippen molar-refractivity contribution in [3.63, 3.8) is 0 Å². The normalized spacial score (nSPS) is 20.5. The third-order valence-corrected chi connectivity index (χ3v) is 4.37. The molecule has 0 aliphatic carbocycles. The molecule has 2 amide bonds. The number of amides is 2. The van der Waals surface area contributed by atoms with Crippen LogP contribution >= 0.6 is 0 Å². The molecular weight excluding hydrogens is 311 g/mol. The largest absolute Gasteiger partial charge is 0.465 e. The molecule has 2 aromatic rings. The first-order chi connectivity index (χ1) is 11.5. The fourth-order valence-electron chi connectivity index (χ4n) is 3.11. The van der Waals surface area contributed by atoms with Crippen molar-refractivity contribution in [2.75, 3.05) is 7.05 Å². The Morgan fingerprint density at radius 1 is 1.29 bits per heavy atom. The van der Waals surface area contributed by atoms with Gasteiger partial charge in [0.15, 0.2) is 0 Å². The Bertz CT molecular complexity index is 754. The minimum absolute atomic E-state index is 0.0988. The van der Waals surface area contributed by atoms with Crippen LogP contribution in [0.1, 0.15) is 29.5 Å². The van der Waals surface area contributed by atoms with Gasteiger partial charge in [0.2, 0.25) is 11.8 Å². The number of aryl methyl sites for hydroxylation is 1. The number of carbonyl (C=O) groups excluding carboxylic acids is 2. The monoisotopic (exact) mass is 330 g/mol. The first-order valence-corrected chi connectivity index (χ1v) is 7.80. The van der Waals surface area contributed by atoms with Gasteiger partial charge in [-0.2, -0.15) is 0 Å². The van der Waals surface area contributed by atoms with Crippen molar-refractivity contribution in [2.24, 2.45) is 5.92 Å². The van der Waals surface area contributed by atoms with Gasteiger partial charge in [0.25, 0.3) is 0 Å². The molecule has 1 aliphatic heterocycles. The molecule has 126 valence electrons. The van der Waals surface area contributed by atoms with Gasteiger partial charge in [0.05, 0.1) is 18.5 Å². The zero-order valence-electron chi connectivity index (χ0n) is 13.6. The summed E-state index contributed by atoms with van der Waals surface area (Å²) in [6, 6.07) is 9.15. The summed E-state index contributed by atoms with van der Waals surface area (Å²) < 4.78 is 18.6. The van der Waals surface area contributed by atoms with Crippen LogP contribution in [0.3, 0.4) is 0 Å². The summed E-state index contributed by atoms with van der Waals surface area (Å²) in [4.78, 5) is 26.2. The van der Waals surface area contributed by atoms with Gasteiger partial charge in [-0.05, 0) is 36.8 Å². The highest BCUT2D eigenvalue weighted by Crippen LogP contribution is 2.37. The molecule has 1 aliphatic rings. The number of likely N-dealkylation sites (tertiary alicyclic amines) is 1. The number of halogens is 1. The van der Waals surface area contributed by atoms with Crippen molar-refractivity contribution in [1.82, 2.24) is 10.2 Å². The highest BCUT2D eigenvalue weighted by atomic mass is 19.1. The predicted molar refractivity (Wildman–Crippen MR) is 85.3 cm³/mol. The Balaban J connectivity index is 1.75. The topological polar surface area (TPSA) is 62.6 Å². The Hall–Kier alpha value is -2.63. The summed E-state index contributed by atoms with van der Waals surface area (Å²) >= 11 is 0. The molecule has 0 saturated carbocycles. The molecule has 0 unspecified atom stereocenters. The van der Waals surface area contributed by atoms with Crippen molar-refractivity contribution in [2.45, 2.75) is 25.9 Å². The van der Waals surface area contributed by atoms with E-state index in [0.717, 1.165) is 11.3 Å². The quantitative estimate of drug-likeness (QED) is 0.937. The number of nitrogens with zero attached hydrogens (tertiary/aromatic N) is 1. The second-order valence-electron chi connectivity index (χ2n) is 6.04.